The zero-order chi connectivity index (χ0) is 10.8. The SMILES string of the molecule is COCn1cnc2c(C=O)ncc(F)c21. The molecule has 78 valence electrons. The molecule has 0 saturated heterocycles. The van der Waals surface area contributed by atoms with Gasteiger partial charge in [-0.15, -0.1) is 0 Å². The van der Waals surface area contributed by atoms with E-state index in [-0.39, 0.29) is 23.5 Å². The molecular weight excluding hydrogens is 201 g/mol. The Kier molecular flexibility index (Phi) is 2.42. The third-order valence-corrected chi connectivity index (χ3v) is 2.00. The zero-order valence-electron chi connectivity index (χ0n) is 7.98. The van der Waals surface area contributed by atoms with Crippen LogP contribution in [0.5, 0.6) is 0 Å². The number of halogens is 1. The Morgan fingerprint density at radius 1 is 1.60 bits per heavy atom. The van der Waals surface area contributed by atoms with Crippen molar-refractivity contribution in [3.8, 4) is 0 Å². The number of aromatic nitrogens is 3. The summed E-state index contributed by atoms with van der Waals surface area (Å²) >= 11 is 0. The molecule has 0 atom stereocenters. The quantitative estimate of drug-likeness (QED) is 0.707. The molecular formula is C9H8FN3O2. The summed E-state index contributed by atoms with van der Waals surface area (Å²) in [5.74, 6) is -0.523. The molecule has 0 amide bonds. The average molecular weight is 209 g/mol. The molecule has 0 saturated carbocycles. The highest BCUT2D eigenvalue weighted by atomic mass is 19.1. The number of nitrogens with zero attached hydrogens (tertiary/aromatic N) is 3. The summed E-state index contributed by atoms with van der Waals surface area (Å²) < 4.78 is 19.8. The summed E-state index contributed by atoms with van der Waals surface area (Å²) in [6, 6.07) is 0. The number of methoxy groups -OCH3 is 1. The summed E-state index contributed by atoms with van der Waals surface area (Å²) in [5.41, 5.74) is 0.609. The fraction of sp³-hybridized carbons (Fsp3) is 0.222. The second kappa shape index (κ2) is 3.74. The van der Waals surface area contributed by atoms with Crippen molar-refractivity contribution in [1.82, 2.24) is 14.5 Å². The van der Waals surface area contributed by atoms with Gasteiger partial charge in [-0.1, -0.05) is 0 Å². The number of carbonyl (C=O) groups excluding carboxylic acids is 1. The summed E-state index contributed by atoms with van der Waals surface area (Å²) in [4.78, 5) is 18.2. The molecule has 0 aliphatic carbocycles. The summed E-state index contributed by atoms with van der Waals surface area (Å²) in [6.45, 7) is 0.176. The number of hydrogen-bond acceptors (Lipinski definition) is 4. The van der Waals surface area contributed by atoms with Crippen LogP contribution in [0.15, 0.2) is 12.5 Å². The number of hydrogen-bond donors (Lipinski definition) is 0. The molecule has 0 bridgehead atoms. The van der Waals surface area contributed by atoms with Crippen molar-refractivity contribution in [2.24, 2.45) is 0 Å². The van der Waals surface area contributed by atoms with Crippen LogP contribution in [0.4, 0.5) is 4.39 Å². The highest BCUT2D eigenvalue weighted by molar-refractivity contribution is 5.92. The van der Waals surface area contributed by atoms with Crippen LogP contribution in [-0.4, -0.2) is 27.9 Å². The summed E-state index contributed by atoms with van der Waals surface area (Å²) in [7, 11) is 1.49. The van der Waals surface area contributed by atoms with E-state index in [1.165, 1.54) is 18.0 Å². The van der Waals surface area contributed by atoms with Gasteiger partial charge in [0, 0.05) is 7.11 Å². The van der Waals surface area contributed by atoms with E-state index in [2.05, 4.69) is 9.97 Å². The Bertz CT molecular complexity index is 509. The van der Waals surface area contributed by atoms with Gasteiger partial charge in [0.15, 0.2) is 12.1 Å². The molecule has 15 heavy (non-hydrogen) atoms. The van der Waals surface area contributed by atoms with Crippen molar-refractivity contribution in [1.29, 1.82) is 0 Å². The van der Waals surface area contributed by atoms with E-state index in [0.29, 0.717) is 6.29 Å². The van der Waals surface area contributed by atoms with Gasteiger partial charge in [0.2, 0.25) is 0 Å². The van der Waals surface area contributed by atoms with Crippen LogP contribution in [0.1, 0.15) is 10.5 Å². The standard InChI is InChI=1S/C9H8FN3O2/c1-15-5-13-4-12-8-7(3-14)11-2-6(10)9(8)13/h2-4H,5H2,1H3. The minimum absolute atomic E-state index is 0.126. The average Bonchev–Trinajstić information content (AvgIpc) is 2.64. The van der Waals surface area contributed by atoms with Crippen molar-refractivity contribution in [3.63, 3.8) is 0 Å². The second-order valence-electron chi connectivity index (χ2n) is 2.94. The molecule has 2 aromatic rings. The van der Waals surface area contributed by atoms with Crippen LogP contribution in [-0.2, 0) is 11.5 Å². The van der Waals surface area contributed by atoms with E-state index in [1.54, 1.807) is 0 Å². The highest BCUT2D eigenvalue weighted by Crippen LogP contribution is 2.17. The summed E-state index contributed by atoms with van der Waals surface area (Å²) in [6.07, 6.45) is 2.96. The van der Waals surface area contributed by atoms with Gasteiger partial charge in [-0.25, -0.2) is 14.4 Å². The van der Waals surface area contributed by atoms with Crippen LogP contribution in [0.2, 0.25) is 0 Å². The van der Waals surface area contributed by atoms with Gasteiger partial charge in [0.25, 0.3) is 0 Å². The van der Waals surface area contributed by atoms with Crippen LogP contribution >= 0.6 is 0 Å². The van der Waals surface area contributed by atoms with Crippen molar-refractivity contribution in [3.05, 3.63) is 24.0 Å². The molecule has 5 nitrogen and oxygen atoms in total. The number of fused-ring (bicyclic) bond motifs is 1. The molecule has 0 fully saturated rings. The molecule has 0 aliphatic heterocycles. The Morgan fingerprint density at radius 2 is 2.40 bits per heavy atom. The number of carbonyl (C=O) groups is 1. The maximum atomic E-state index is 13.4. The highest BCUT2D eigenvalue weighted by Gasteiger charge is 2.12. The van der Waals surface area contributed by atoms with E-state index >= 15 is 0 Å². The normalized spacial score (nSPS) is 10.8. The number of imidazole rings is 1. The first kappa shape index (κ1) is 9.72. The van der Waals surface area contributed by atoms with Gasteiger partial charge in [0.1, 0.15) is 23.5 Å². The van der Waals surface area contributed by atoms with Gasteiger partial charge in [-0.3, -0.25) is 4.79 Å². The predicted octanol–water partition coefficient (Wildman–Crippen LogP) is 0.987. The molecule has 0 aromatic carbocycles. The number of ether oxygens (including phenoxy) is 1. The predicted molar refractivity (Wildman–Crippen MR) is 49.9 cm³/mol. The monoisotopic (exact) mass is 209 g/mol. The Labute approximate surface area is 84.5 Å². The Hall–Kier alpha value is -1.82. The van der Waals surface area contributed by atoms with E-state index in [4.69, 9.17) is 4.74 Å². The van der Waals surface area contributed by atoms with Gasteiger partial charge in [-0.05, 0) is 0 Å². The minimum Gasteiger partial charge on any atom is -0.364 e. The lowest BCUT2D eigenvalue weighted by atomic mass is 10.3. The van der Waals surface area contributed by atoms with Crippen molar-refractivity contribution < 1.29 is 13.9 Å². The number of pyridine rings is 1. The fourth-order valence-corrected chi connectivity index (χ4v) is 1.39. The van der Waals surface area contributed by atoms with Gasteiger partial charge < -0.3 is 9.30 Å². The Morgan fingerprint density at radius 3 is 3.07 bits per heavy atom. The van der Waals surface area contributed by atoms with Crippen molar-refractivity contribution >= 4 is 17.3 Å². The lowest BCUT2D eigenvalue weighted by Crippen LogP contribution is -2.00. The summed E-state index contributed by atoms with van der Waals surface area (Å²) in [5, 5.41) is 0. The van der Waals surface area contributed by atoms with Crippen molar-refractivity contribution in [2.45, 2.75) is 6.73 Å². The molecule has 0 radical (unpaired) electrons. The number of aldehydes is 1. The maximum Gasteiger partial charge on any atom is 0.170 e. The van der Waals surface area contributed by atoms with E-state index in [9.17, 15) is 9.18 Å². The Balaban J connectivity index is 2.72. The van der Waals surface area contributed by atoms with Crippen LogP contribution < -0.4 is 0 Å². The van der Waals surface area contributed by atoms with Crippen LogP contribution in [0, 0.1) is 5.82 Å². The molecule has 0 unspecified atom stereocenters. The smallest absolute Gasteiger partial charge is 0.170 e. The molecule has 2 aromatic heterocycles. The molecule has 6 heteroatoms. The first-order chi connectivity index (χ1) is 7.27. The van der Waals surface area contributed by atoms with Crippen LogP contribution in [0.3, 0.4) is 0 Å². The molecule has 2 rings (SSSR count). The second-order valence-corrected chi connectivity index (χ2v) is 2.94. The van der Waals surface area contributed by atoms with E-state index < -0.39 is 5.82 Å². The lowest BCUT2D eigenvalue weighted by Gasteiger charge is -2.02. The first-order valence-electron chi connectivity index (χ1n) is 4.21. The molecule has 0 spiro atoms. The molecule has 2 heterocycles. The van der Waals surface area contributed by atoms with Crippen LogP contribution in [0.25, 0.3) is 11.0 Å². The first-order valence-corrected chi connectivity index (χ1v) is 4.21. The number of rotatable bonds is 3. The molecule has 0 N–H and O–H groups in total. The maximum absolute atomic E-state index is 13.4. The van der Waals surface area contributed by atoms with Crippen molar-refractivity contribution in [2.75, 3.05) is 7.11 Å². The topological polar surface area (TPSA) is 57.0 Å². The fourth-order valence-electron chi connectivity index (χ4n) is 1.39. The zero-order valence-corrected chi connectivity index (χ0v) is 7.98. The van der Waals surface area contributed by atoms with Gasteiger partial charge in [-0.2, -0.15) is 0 Å². The lowest BCUT2D eigenvalue weighted by molar-refractivity contribution is 0.112. The largest absolute Gasteiger partial charge is 0.364 e. The van der Waals surface area contributed by atoms with E-state index in [1.807, 2.05) is 0 Å². The van der Waals surface area contributed by atoms with Gasteiger partial charge in [0.05, 0.1) is 12.5 Å². The third kappa shape index (κ3) is 1.48. The molecule has 0 aliphatic rings. The van der Waals surface area contributed by atoms with Gasteiger partial charge >= 0.3 is 0 Å². The van der Waals surface area contributed by atoms with E-state index in [0.717, 1.165) is 6.20 Å². The minimum atomic E-state index is -0.523. The third-order valence-electron chi connectivity index (χ3n) is 2.00.